The predicted molar refractivity (Wildman–Crippen MR) is 73.4 cm³/mol. The summed E-state index contributed by atoms with van der Waals surface area (Å²) in [5.74, 6) is 0. The van der Waals surface area contributed by atoms with Gasteiger partial charge in [-0.15, -0.1) is 0 Å². The highest BCUT2D eigenvalue weighted by Crippen LogP contribution is 2.20. The van der Waals surface area contributed by atoms with Crippen molar-refractivity contribution >= 4 is 23.4 Å². The SMILES string of the molecule is COC(OC)[C@@](C)(C#N)OC(=O)Nc1ccc(Cl)cc1. The number of nitrogens with zero attached hydrogens (tertiary/aromatic N) is 1. The van der Waals surface area contributed by atoms with Crippen molar-refractivity contribution in [3.63, 3.8) is 0 Å². The Morgan fingerprint density at radius 2 is 1.90 bits per heavy atom. The van der Waals surface area contributed by atoms with Gasteiger partial charge in [0.25, 0.3) is 0 Å². The number of amides is 1. The fourth-order valence-electron chi connectivity index (χ4n) is 1.54. The third kappa shape index (κ3) is 4.10. The van der Waals surface area contributed by atoms with Crippen LogP contribution in [0.2, 0.25) is 5.02 Å². The van der Waals surface area contributed by atoms with Crippen LogP contribution in [0.1, 0.15) is 6.92 Å². The molecule has 0 saturated carbocycles. The summed E-state index contributed by atoms with van der Waals surface area (Å²) in [5.41, 5.74) is -1.08. The number of carbonyl (C=O) groups excluding carboxylic acids is 1. The molecule has 0 unspecified atom stereocenters. The number of benzene rings is 1. The highest BCUT2D eigenvalue weighted by Gasteiger charge is 2.39. The van der Waals surface area contributed by atoms with E-state index in [1.165, 1.54) is 21.1 Å². The van der Waals surface area contributed by atoms with Crippen LogP contribution in [0.15, 0.2) is 24.3 Å². The maximum atomic E-state index is 11.8. The van der Waals surface area contributed by atoms with Crippen LogP contribution >= 0.6 is 11.6 Å². The van der Waals surface area contributed by atoms with E-state index >= 15 is 0 Å². The van der Waals surface area contributed by atoms with Crippen LogP contribution in [0.4, 0.5) is 10.5 Å². The number of methoxy groups -OCH3 is 2. The topological polar surface area (TPSA) is 80.6 Å². The molecule has 0 aliphatic carbocycles. The number of halogens is 1. The molecule has 20 heavy (non-hydrogen) atoms. The van der Waals surface area contributed by atoms with E-state index in [4.69, 9.17) is 31.1 Å². The Morgan fingerprint density at radius 3 is 2.35 bits per heavy atom. The Balaban J connectivity index is 2.73. The lowest BCUT2D eigenvalue weighted by molar-refractivity contribution is -0.184. The van der Waals surface area contributed by atoms with Crippen molar-refractivity contribution < 1.29 is 19.0 Å². The Labute approximate surface area is 122 Å². The molecular formula is C13H15ClN2O4. The van der Waals surface area contributed by atoms with Crippen molar-refractivity contribution in [2.45, 2.75) is 18.8 Å². The first kappa shape index (κ1) is 16.2. The van der Waals surface area contributed by atoms with Gasteiger partial charge in [-0.1, -0.05) is 11.6 Å². The van der Waals surface area contributed by atoms with Gasteiger partial charge in [0.15, 0.2) is 0 Å². The lowest BCUT2D eigenvalue weighted by Gasteiger charge is -2.28. The Bertz CT molecular complexity index is 496. The first-order chi connectivity index (χ1) is 9.45. The minimum atomic E-state index is -1.57. The van der Waals surface area contributed by atoms with Gasteiger partial charge in [-0.05, 0) is 31.2 Å². The monoisotopic (exact) mass is 298 g/mol. The molecule has 1 aromatic carbocycles. The predicted octanol–water partition coefficient (Wildman–Crippen LogP) is 2.79. The number of hydrogen-bond donors (Lipinski definition) is 1. The zero-order valence-corrected chi connectivity index (χ0v) is 12.1. The molecule has 0 spiro atoms. The second-order valence-electron chi connectivity index (χ2n) is 4.04. The number of nitriles is 1. The van der Waals surface area contributed by atoms with Crippen LogP contribution in [0.5, 0.6) is 0 Å². The zero-order valence-electron chi connectivity index (χ0n) is 11.3. The van der Waals surface area contributed by atoms with Crippen LogP contribution in [-0.2, 0) is 14.2 Å². The van der Waals surface area contributed by atoms with Gasteiger partial charge in [0, 0.05) is 24.9 Å². The third-order valence-electron chi connectivity index (χ3n) is 2.50. The number of anilines is 1. The van der Waals surface area contributed by atoms with Crippen molar-refractivity contribution in [2.75, 3.05) is 19.5 Å². The minimum Gasteiger partial charge on any atom is -0.422 e. The third-order valence-corrected chi connectivity index (χ3v) is 2.75. The Morgan fingerprint density at radius 1 is 1.35 bits per heavy atom. The molecule has 1 rings (SSSR count). The average molecular weight is 299 g/mol. The standard InChI is InChI=1S/C13H15ClN2O4/c1-13(8-15,11(18-2)19-3)20-12(17)16-10-6-4-9(14)5-7-10/h4-7,11H,1-3H3,(H,16,17)/t13-/m1/s1. The summed E-state index contributed by atoms with van der Waals surface area (Å²) in [6.45, 7) is 1.39. The number of nitrogens with one attached hydrogen (secondary N) is 1. The van der Waals surface area contributed by atoms with Crippen LogP contribution in [0.3, 0.4) is 0 Å². The maximum Gasteiger partial charge on any atom is 0.413 e. The van der Waals surface area contributed by atoms with Gasteiger partial charge in [0.1, 0.15) is 6.07 Å². The van der Waals surface area contributed by atoms with Crippen molar-refractivity contribution in [3.05, 3.63) is 29.3 Å². The normalized spacial score (nSPS) is 13.4. The minimum absolute atomic E-state index is 0.492. The number of hydrogen-bond acceptors (Lipinski definition) is 5. The van der Waals surface area contributed by atoms with E-state index < -0.39 is 18.0 Å². The molecule has 0 bridgehead atoms. The average Bonchev–Trinajstić information content (AvgIpc) is 2.42. The summed E-state index contributed by atoms with van der Waals surface area (Å²) in [4.78, 5) is 11.8. The highest BCUT2D eigenvalue weighted by atomic mass is 35.5. The molecule has 0 aliphatic heterocycles. The maximum absolute atomic E-state index is 11.8. The zero-order chi connectivity index (χ0) is 15.2. The molecule has 0 fully saturated rings. The van der Waals surface area contributed by atoms with E-state index in [2.05, 4.69) is 5.32 Å². The van der Waals surface area contributed by atoms with Crippen LogP contribution in [-0.4, -0.2) is 32.2 Å². The largest absolute Gasteiger partial charge is 0.422 e. The van der Waals surface area contributed by atoms with Gasteiger partial charge >= 0.3 is 6.09 Å². The lowest BCUT2D eigenvalue weighted by atomic mass is 10.1. The molecule has 6 nitrogen and oxygen atoms in total. The van der Waals surface area contributed by atoms with Gasteiger partial charge in [-0.2, -0.15) is 5.26 Å². The highest BCUT2D eigenvalue weighted by molar-refractivity contribution is 6.30. The van der Waals surface area contributed by atoms with Crippen molar-refractivity contribution in [1.82, 2.24) is 0 Å². The molecular weight excluding hydrogens is 284 g/mol. The summed E-state index contributed by atoms with van der Waals surface area (Å²) in [6, 6.07) is 8.31. The van der Waals surface area contributed by atoms with E-state index in [1.807, 2.05) is 6.07 Å². The summed E-state index contributed by atoms with van der Waals surface area (Å²) in [7, 11) is 2.70. The summed E-state index contributed by atoms with van der Waals surface area (Å²) in [5, 5.41) is 12.2. The molecule has 0 heterocycles. The molecule has 0 radical (unpaired) electrons. The lowest BCUT2D eigenvalue weighted by Crippen LogP contribution is -2.45. The second-order valence-corrected chi connectivity index (χ2v) is 4.48. The molecule has 0 aliphatic rings. The molecule has 1 aromatic rings. The van der Waals surface area contributed by atoms with E-state index in [9.17, 15) is 4.79 Å². The summed E-state index contributed by atoms with van der Waals surface area (Å²) < 4.78 is 15.0. The van der Waals surface area contributed by atoms with Crippen molar-refractivity contribution in [2.24, 2.45) is 0 Å². The molecule has 1 N–H and O–H groups in total. The molecule has 1 atom stereocenters. The van der Waals surface area contributed by atoms with Crippen molar-refractivity contribution in [3.8, 4) is 6.07 Å². The summed E-state index contributed by atoms with van der Waals surface area (Å²) in [6.07, 6.45) is -1.79. The van der Waals surface area contributed by atoms with Crippen molar-refractivity contribution in [1.29, 1.82) is 5.26 Å². The number of carbonyl (C=O) groups is 1. The second kappa shape index (κ2) is 7.10. The van der Waals surface area contributed by atoms with Crippen LogP contribution in [0.25, 0.3) is 0 Å². The van der Waals surface area contributed by atoms with Gasteiger partial charge in [-0.25, -0.2) is 4.79 Å². The first-order valence-corrected chi connectivity index (χ1v) is 6.05. The van der Waals surface area contributed by atoms with E-state index in [1.54, 1.807) is 24.3 Å². The van der Waals surface area contributed by atoms with Crippen LogP contribution < -0.4 is 5.32 Å². The number of ether oxygens (including phenoxy) is 3. The van der Waals surface area contributed by atoms with Gasteiger partial charge in [0.05, 0.1) is 0 Å². The fourth-order valence-corrected chi connectivity index (χ4v) is 1.66. The Hall–Kier alpha value is -1.81. The van der Waals surface area contributed by atoms with E-state index in [0.717, 1.165) is 0 Å². The summed E-state index contributed by atoms with van der Waals surface area (Å²) >= 11 is 5.74. The molecule has 0 saturated heterocycles. The van der Waals surface area contributed by atoms with E-state index in [0.29, 0.717) is 10.7 Å². The quantitative estimate of drug-likeness (QED) is 0.845. The van der Waals surface area contributed by atoms with Gasteiger partial charge in [0.2, 0.25) is 11.9 Å². The fraction of sp³-hybridized carbons (Fsp3) is 0.385. The smallest absolute Gasteiger partial charge is 0.413 e. The van der Waals surface area contributed by atoms with E-state index in [-0.39, 0.29) is 0 Å². The number of rotatable bonds is 5. The van der Waals surface area contributed by atoms with Gasteiger partial charge in [-0.3, -0.25) is 5.32 Å². The molecule has 7 heteroatoms. The molecule has 108 valence electrons. The molecule has 0 aromatic heterocycles. The Kier molecular flexibility index (Phi) is 5.77. The van der Waals surface area contributed by atoms with Gasteiger partial charge < -0.3 is 14.2 Å². The van der Waals surface area contributed by atoms with Crippen LogP contribution in [0, 0.1) is 11.3 Å². The first-order valence-electron chi connectivity index (χ1n) is 5.67. The molecule has 1 amide bonds.